The number of fused-ring (bicyclic) bond motifs is 1. The molecule has 1 amide bonds. The molecule has 2 aliphatic heterocycles. The lowest BCUT2D eigenvalue weighted by Gasteiger charge is -2.22. The number of amides is 1. The number of benzene rings is 1. The number of carbonyl (C=O) groups is 1. The Kier molecular flexibility index (Phi) is 4.63. The van der Waals surface area contributed by atoms with E-state index in [0.717, 1.165) is 37.6 Å². The van der Waals surface area contributed by atoms with Crippen molar-refractivity contribution in [3.63, 3.8) is 0 Å². The van der Waals surface area contributed by atoms with E-state index in [4.69, 9.17) is 4.74 Å². The Hall–Kier alpha value is -2.41. The first-order chi connectivity index (χ1) is 12.6. The van der Waals surface area contributed by atoms with E-state index in [2.05, 4.69) is 21.4 Å². The summed E-state index contributed by atoms with van der Waals surface area (Å²) in [5.74, 6) is 0.794. The number of ether oxygens (including phenoxy) is 1. The van der Waals surface area contributed by atoms with Crippen LogP contribution < -0.4 is 0 Å². The highest BCUT2D eigenvalue weighted by molar-refractivity contribution is 5.71. The fourth-order valence-electron chi connectivity index (χ4n) is 3.85. The van der Waals surface area contributed by atoms with E-state index in [-0.39, 0.29) is 24.1 Å². The van der Waals surface area contributed by atoms with Gasteiger partial charge in [-0.1, -0.05) is 12.1 Å². The van der Waals surface area contributed by atoms with Crippen LogP contribution in [0, 0.1) is 5.82 Å². The Morgan fingerprint density at radius 3 is 2.85 bits per heavy atom. The SMILES string of the molecule is CCn1ccnc1CN1C[C@H]2OC(=O)N(CCc3ccc(F)cc3)[C@H]2C1. The molecule has 1 aromatic carbocycles. The molecule has 1 aromatic heterocycles. The Balaban J connectivity index is 1.37. The average Bonchev–Trinajstić information content (AvgIpc) is 3.30. The summed E-state index contributed by atoms with van der Waals surface area (Å²) in [5, 5.41) is 0. The van der Waals surface area contributed by atoms with Crippen LogP contribution in [0.3, 0.4) is 0 Å². The average molecular weight is 358 g/mol. The number of hydrogen-bond acceptors (Lipinski definition) is 4. The minimum atomic E-state index is -0.244. The topological polar surface area (TPSA) is 50.6 Å². The van der Waals surface area contributed by atoms with E-state index in [9.17, 15) is 9.18 Å². The Morgan fingerprint density at radius 1 is 1.27 bits per heavy atom. The van der Waals surface area contributed by atoms with Gasteiger partial charge < -0.3 is 9.30 Å². The molecule has 0 N–H and O–H groups in total. The molecule has 7 heteroatoms. The maximum absolute atomic E-state index is 13.0. The molecule has 0 aliphatic carbocycles. The molecule has 6 nitrogen and oxygen atoms in total. The zero-order valence-electron chi connectivity index (χ0n) is 14.8. The molecule has 138 valence electrons. The van der Waals surface area contributed by atoms with Crippen molar-refractivity contribution >= 4 is 6.09 Å². The van der Waals surface area contributed by atoms with Gasteiger partial charge in [0.15, 0.2) is 0 Å². The van der Waals surface area contributed by atoms with Gasteiger partial charge in [-0.3, -0.25) is 9.80 Å². The quantitative estimate of drug-likeness (QED) is 0.795. The van der Waals surface area contributed by atoms with Crippen LogP contribution in [0.4, 0.5) is 9.18 Å². The first-order valence-electron chi connectivity index (χ1n) is 9.08. The zero-order valence-corrected chi connectivity index (χ0v) is 14.8. The molecule has 2 aromatic rings. The number of aromatic nitrogens is 2. The van der Waals surface area contributed by atoms with Gasteiger partial charge in [-0.2, -0.15) is 0 Å². The van der Waals surface area contributed by atoms with Gasteiger partial charge in [-0.05, 0) is 31.0 Å². The van der Waals surface area contributed by atoms with Crippen LogP contribution in [0.1, 0.15) is 18.3 Å². The fraction of sp³-hybridized carbons (Fsp3) is 0.474. The zero-order chi connectivity index (χ0) is 18.1. The highest BCUT2D eigenvalue weighted by Crippen LogP contribution is 2.28. The molecule has 2 atom stereocenters. The Bertz CT molecular complexity index is 776. The summed E-state index contributed by atoms with van der Waals surface area (Å²) in [6.45, 7) is 5.87. The van der Waals surface area contributed by atoms with E-state index < -0.39 is 0 Å². The molecule has 0 spiro atoms. The van der Waals surface area contributed by atoms with Gasteiger partial charge in [-0.15, -0.1) is 0 Å². The number of rotatable bonds is 6. The van der Waals surface area contributed by atoms with E-state index in [1.165, 1.54) is 12.1 Å². The fourth-order valence-corrected chi connectivity index (χ4v) is 3.85. The lowest BCUT2D eigenvalue weighted by molar-refractivity contribution is 0.119. The van der Waals surface area contributed by atoms with Crippen molar-refractivity contribution in [1.82, 2.24) is 19.4 Å². The second kappa shape index (κ2) is 7.07. The van der Waals surface area contributed by atoms with Crippen LogP contribution >= 0.6 is 0 Å². The molecule has 0 unspecified atom stereocenters. The van der Waals surface area contributed by atoms with Crippen molar-refractivity contribution < 1.29 is 13.9 Å². The molecule has 0 saturated carbocycles. The first-order valence-corrected chi connectivity index (χ1v) is 9.08. The molecule has 2 saturated heterocycles. The van der Waals surface area contributed by atoms with Crippen molar-refractivity contribution in [2.45, 2.75) is 38.6 Å². The van der Waals surface area contributed by atoms with Gasteiger partial charge >= 0.3 is 6.09 Å². The molecule has 26 heavy (non-hydrogen) atoms. The van der Waals surface area contributed by atoms with Crippen molar-refractivity contribution in [3.8, 4) is 0 Å². The normalized spacial score (nSPS) is 22.7. The number of likely N-dealkylation sites (tertiary alicyclic amines) is 1. The second-order valence-corrected chi connectivity index (χ2v) is 6.88. The predicted octanol–water partition coefficient (Wildman–Crippen LogP) is 2.29. The predicted molar refractivity (Wildman–Crippen MR) is 94.0 cm³/mol. The monoisotopic (exact) mass is 358 g/mol. The summed E-state index contributed by atoms with van der Waals surface area (Å²) >= 11 is 0. The molecule has 2 fully saturated rings. The van der Waals surface area contributed by atoms with Crippen molar-refractivity contribution in [2.75, 3.05) is 19.6 Å². The summed E-state index contributed by atoms with van der Waals surface area (Å²) in [7, 11) is 0. The van der Waals surface area contributed by atoms with Crippen LogP contribution in [-0.2, 0) is 24.2 Å². The lowest BCUT2D eigenvalue weighted by atomic mass is 10.1. The van der Waals surface area contributed by atoms with Gasteiger partial charge in [-0.25, -0.2) is 14.2 Å². The largest absolute Gasteiger partial charge is 0.442 e. The van der Waals surface area contributed by atoms with E-state index >= 15 is 0 Å². The van der Waals surface area contributed by atoms with Crippen LogP contribution in [0.15, 0.2) is 36.7 Å². The number of aryl methyl sites for hydroxylation is 1. The number of halogens is 1. The number of imidazole rings is 1. The number of carbonyl (C=O) groups excluding carboxylic acids is 1. The smallest absolute Gasteiger partial charge is 0.410 e. The Labute approximate surface area is 152 Å². The van der Waals surface area contributed by atoms with Crippen LogP contribution in [0.25, 0.3) is 0 Å². The number of hydrogen-bond donors (Lipinski definition) is 0. The molecular formula is C19H23FN4O2. The maximum Gasteiger partial charge on any atom is 0.410 e. The van der Waals surface area contributed by atoms with Gasteiger partial charge in [0.2, 0.25) is 0 Å². The minimum Gasteiger partial charge on any atom is -0.442 e. The van der Waals surface area contributed by atoms with Crippen LogP contribution in [0.5, 0.6) is 0 Å². The van der Waals surface area contributed by atoms with E-state index in [1.807, 2.05) is 17.3 Å². The van der Waals surface area contributed by atoms with Gasteiger partial charge in [0.05, 0.1) is 12.6 Å². The molecule has 3 heterocycles. The van der Waals surface area contributed by atoms with Crippen molar-refractivity contribution in [3.05, 3.63) is 53.9 Å². The summed E-state index contributed by atoms with van der Waals surface area (Å²) in [5.41, 5.74) is 1.02. The highest BCUT2D eigenvalue weighted by atomic mass is 19.1. The van der Waals surface area contributed by atoms with Crippen LogP contribution in [0.2, 0.25) is 0 Å². The minimum absolute atomic E-state index is 0.0768. The van der Waals surface area contributed by atoms with E-state index in [0.29, 0.717) is 13.0 Å². The first kappa shape index (κ1) is 17.0. The number of nitrogens with zero attached hydrogens (tertiary/aromatic N) is 4. The third-order valence-corrected chi connectivity index (χ3v) is 5.26. The van der Waals surface area contributed by atoms with Gasteiger partial charge in [0.25, 0.3) is 0 Å². The second-order valence-electron chi connectivity index (χ2n) is 6.88. The molecular weight excluding hydrogens is 335 g/mol. The molecule has 4 rings (SSSR count). The molecule has 0 bridgehead atoms. The standard InChI is InChI=1S/C19H23FN4O2/c1-2-23-10-8-21-18(23)13-22-11-16-17(12-22)26-19(25)24(16)9-7-14-3-5-15(20)6-4-14/h3-6,8,10,16-17H,2,7,9,11-13H2,1H3/t16-,17+/m0/s1. The third kappa shape index (κ3) is 3.31. The van der Waals surface area contributed by atoms with E-state index in [1.54, 1.807) is 12.1 Å². The summed E-state index contributed by atoms with van der Waals surface area (Å²) in [6.07, 6.45) is 4.18. The van der Waals surface area contributed by atoms with Gasteiger partial charge in [0, 0.05) is 38.6 Å². The summed E-state index contributed by atoms with van der Waals surface area (Å²) < 4.78 is 20.7. The summed E-state index contributed by atoms with van der Waals surface area (Å²) in [4.78, 5) is 20.7. The highest BCUT2D eigenvalue weighted by Gasteiger charge is 2.47. The lowest BCUT2D eigenvalue weighted by Crippen LogP contribution is -2.39. The maximum atomic E-state index is 13.0. The third-order valence-electron chi connectivity index (χ3n) is 5.26. The van der Waals surface area contributed by atoms with Crippen molar-refractivity contribution in [2.24, 2.45) is 0 Å². The molecule has 2 aliphatic rings. The van der Waals surface area contributed by atoms with Crippen molar-refractivity contribution in [1.29, 1.82) is 0 Å². The van der Waals surface area contributed by atoms with Crippen LogP contribution in [-0.4, -0.2) is 57.2 Å². The Morgan fingerprint density at radius 2 is 2.08 bits per heavy atom. The molecule has 0 radical (unpaired) electrons. The summed E-state index contributed by atoms with van der Waals surface area (Å²) in [6, 6.07) is 6.51. The van der Waals surface area contributed by atoms with Gasteiger partial charge in [0.1, 0.15) is 17.7 Å².